The molecule has 2 heterocycles. The quantitative estimate of drug-likeness (QED) is 0.0625. The summed E-state index contributed by atoms with van der Waals surface area (Å²) in [4.78, 5) is 8.80. The van der Waals surface area contributed by atoms with Crippen LogP contribution >= 0.6 is 23.5 Å². The zero-order valence-corrected chi connectivity index (χ0v) is 41.9. The zero-order valence-electron chi connectivity index (χ0n) is 40.2. The highest BCUT2D eigenvalue weighted by Gasteiger charge is 2.39. The predicted octanol–water partition coefficient (Wildman–Crippen LogP) is 20.5. The molecule has 0 aromatic heterocycles. The minimum absolute atomic E-state index is 1.12. The Morgan fingerprint density at radius 2 is 0.682 bits per heavy atom. The van der Waals surface area contributed by atoms with Gasteiger partial charge in [0.25, 0.3) is 0 Å². The highest BCUT2D eigenvalue weighted by atomic mass is 32.2. The van der Waals surface area contributed by atoms with E-state index in [1.54, 1.807) is 21.2 Å². The maximum Gasteiger partial charge on any atom is 0.116 e. The molecule has 340 valence electrons. The highest BCUT2D eigenvalue weighted by molar-refractivity contribution is 8.10. The van der Waals surface area contributed by atoms with Crippen LogP contribution in [0.2, 0.25) is 0 Å². The van der Waals surface area contributed by atoms with E-state index < -0.39 is 0 Å². The van der Waals surface area contributed by atoms with Crippen LogP contribution < -0.4 is 9.80 Å². The Bertz CT molecular complexity index is 2640. The number of unbranched alkanes of at least 4 members (excludes halogenated alkanes) is 12. The summed E-state index contributed by atoms with van der Waals surface area (Å²) < 4.78 is 0. The third-order valence-electron chi connectivity index (χ3n) is 14.8. The maximum absolute atomic E-state index is 2.79. The van der Waals surface area contributed by atoms with Crippen molar-refractivity contribution in [2.45, 2.75) is 156 Å². The Morgan fingerprint density at radius 3 is 1.05 bits per heavy atom. The fraction of sp³-hybridized carbons (Fsp3) is 0.387. The van der Waals surface area contributed by atoms with Crippen LogP contribution in [0.5, 0.6) is 0 Å². The van der Waals surface area contributed by atoms with Gasteiger partial charge in [0.2, 0.25) is 0 Å². The normalized spacial score (nSPS) is 16.0. The van der Waals surface area contributed by atoms with Gasteiger partial charge in [-0.05, 0) is 142 Å². The Hall–Kier alpha value is -4.64. The number of nitrogens with zero attached hydrogens (tertiary/aromatic N) is 2. The third-order valence-corrected chi connectivity index (χ3v) is 17.4. The number of allylic oxidation sites excluding steroid dienone is 4. The first-order valence-corrected chi connectivity index (χ1v) is 27.7. The molecule has 0 fully saturated rings. The van der Waals surface area contributed by atoms with Gasteiger partial charge >= 0.3 is 0 Å². The average molecular weight is 907 g/mol. The Morgan fingerprint density at radius 1 is 0.333 bits per heavy atom. The molecule has 0 unspecified atom stereocenters. The SMILES string of the molecule is CCCCCCC1=C(CCCCCC)N(c2ccc3c(c2)-c2cccc4cccc-3c24)/C(=C2\SC(CCCCCC)=C(CCCCCC)N2c2ccc3c(c2)-c2cccc4cccc-3c24)S1. The first-order valence-electron chi connectivity index (χ1n) is 26.1. The monoisotopic (exact) mass is 906 g/mol. The first kappa shape index (κ1) is 45.2. The van der Waals surface area contributed by atoms with Crippen molar-refractivity contribution in [3.63, 3.8) is 0 Å². The van der Waals surface area contributed by atoms with Crippen molar-refractivity contribution in [3.05, 3.63) is 140 Å². The molecule has 0 bridgehead atoms. The second kappa shape index (κ2) is 20.7. The minimum atomic E-state index is 1.12. The van der Waals surface area contributed by atoms with E-state index in [2.05, 4.69) is 170 Å². The largest absolute Gasteiger partial charge is 0.305 e. The van der Waals surface area contributed by atoms with Gasteiger partial charge in [0.1, 0.15) is 10.1 Å². The molecule has 2 nitrogen and oxygen atoms in total. The Balaban J connectivity index is 1.15. The van der Waals surface area contributed by atoms with Gasteiger partial charge in [-0.2, -0.15) is 0 Å². The predicted molar refractivity (Wildman–Crippen MR) is 293 cm³/mol. The number of rotatable bonds is 22. The lowest BCUT2D eigenvalue weighted by Crippen LogP contribution is -2.24. The van der Waals surface area contributed by atoms with Gasteiger partial charge in [0.15, 0.2) is 0 Å². The van der Waals surface area contributed by atoms with Crippen molar-refractivity contribution >= 4 is 56.4 Å². The first-order chi connectivity index (χ1) is 32.6. The molecular weight excluding hydrogens is 837 g/mol. The van der Waals surface area contributed by atoms with E-state index in [-0.39, 0.29) is 0 Å². The molecule has 6 aromatic rings. The lowest BCUT2D eigenvalue weighted by atomic mass is 10.0. The van der Waals surface area contributed by atoms with Gasteiger partial charge in [-0.25, -0.2) is 0 Å². The molecule has 0 saturated heterocycles. The molecule has 0 atom stereocenters. The summed E-state index contributed by atoms with van der Waals surface area (Å²) in [5, 5.41) is 8.33. The molecule has 0 N–H and O–H groups in total. The molecule has 4 heteroatoms. The lowest BCUT2D eigenvalue weighted by Gasteiger charge is -2.30. The molecule has 0 saturated carbocycles. The minimum Gasteiger partial charge on any atom is -0.305 e. The molecule has 66 heavy (non-hydrogen) atoms. The molecular formula is C62H70N2S2. The summed E-state index contributed by atoms with van der Waals surface area (Å²) in [6.07, 6.45) is 24.9. The van der Waals surface area contributed by atoms with Crippen LogP contribution in [0.25, 0.3) is 66.1 Å². The van der Waals surface area contributed by atoms with Gasteiger partial charge < -0.3 is 9.80 Å². The number of thioether (sulfide) groups is 2. The molecule has 0 radical (unpaired) electrons. The summed E-state index contributed by atoms with van der Waals surface area (Å²) in [5.41, 5.74) is 16.8. The van der Waals surface area contributed by atoms with Crippen molar-refractivity contribution in [1.29, 1.82) is 0 Å². The maximum atomic E-state index is 2.79. The Labute approximate surface area is 405 Å². The smallest absolute Gasteiger partial charge is 0.116 e. The van der Waals surface area contributed by atoms with Crippen LogP contribution in [0.1, 0.15) is 156 Å². The Kier molecular flexibility index (Phi) is 14.2. The van der Waals surface area contributed by atoms with Crippen molar-refractivity contribution in [3.8, 4) is 44.5 Å². The molecule has 4 aliphatic rings. The van der Waals surface area contributed by atoms with Crippen LogP contribution in [0.4, 0.5) is 11.4 Å². The van der Waals surface area contributed by atoms with E-state index in [0.29, 0.717) is 0 Å². The van der Waals surface area contributed by atoms with Gasteiger partial charge in [-0.1, -0.05) is 213 Å². The average Bonchev–Trinajstić information content (AvgIpc) is 4.09. The van der Waals surface area contributed by atoms with E-state index in [1.165, 1.54) is 190 Å². The van der Waals surface area contributed by atoms with Gasteiger partial charge in [0, 0.05) is 32.6 Å². The fourth-order valence-electron chi connectivity index (χ4n) is 11.4. The van der Waals surface area contributed by atoms with Crippen molar-refractivity contribution in [2.75, 3.05) is 9.80 Å². The number of benzene rings is 6. The summed E-state index contributed by atoms with van der Waals surface area (Å²) in [7, 11) is 0. The van der Waals surface area contributed by atoms with Gasteiger partial charge in [0.05, 0.1) is 0 Å². The number of hydrogen-bond donors (Lipinski definition) is 0. The zero-order chi connectivity index (χ0) is 45.0. The van der Waals surface area contributed by atoms with E-state index in [1.807, 2.05) is 0 Å². The van der Waals surface area contributed by atoms with Crippen LogP contribution in [-0.2, 0) is 0 Å². The van der Waals surface area contributed by atoms with Crippen LogP contribution in [0.3, 0.4) is 0 Å². The summed E-state index contributed by atoms with van der Waals surface area (Å²) in [6, 6.07) is 42.5. The van der Waals surface area contributed by atoms with Crippen LogP contribution in [0.15, 0.2) is 140 Å². The molecule has 6 aromatic carbocycles. The van der Waals surface area contributed by atoms with Gasteiger partial charge in [-0.15, -0.1) is 0 Å². The van der Waals surface area contributed by atoms with Crippen molar-refractivity contribution in [2.24, 2.45) is 0 Å². The lowest BCUT2D eigenvalue weighted by molar-refractivity contribution is 0.649. The van der Waals surface area contributed by atoms with E-state index in [9.17, 15) is 0 Å². The number of fused-ring (bicyclic) bond motifs is 6. The van der Waals surface area contributed by atoms with E-state index in [4.69, 9.17) is 0 Å². The molecule has 2 aliphatic heterocycles. The molecule has 0 amide bonds. The van der Waals surface area contributed by atoms with Gasteiger partial charge in [-0.3, -0.25) is 0 Å². The van der Waals surface area contributed by atoms with Crippen molar-refractivity contribution < 1.29 is 0 Å². The summed E-state index contributed by atoms with van der Waals surface area (Å²) in [6.45, 7) is 9.38. The van der Waals surface area contributed by atoms with Crippen LogP contribution in [0, 0.1) is 0 Å². The number of anilines is 2. The third kappa shape index (κ3) is 8.60. The standard InChI is InChI=1S/C62H70N2S2/c1-5-9-13-17-33-55-57(35-19-15-11-7-3)65-61(63(55)45-37-39-47-49-29-21-25-43-27-23-31-51(59(43)49)53(47)41-45)62-64(56(34-18-14-10-6-2)58(66-62)36-20-16-12-8-4)46-38-40-48-50-30-22-26-44-28-24-32-52(60(44)50)54(48)42-46/h21-32,37-42H,5-20,33-36H2,1-4H3/b62-61+. The fourth-order valence-corrected chi connectivity index (χ4v) is 14.2. The van der Waals surface area contributed by atoms with Crippen molar-refractivity contribution in [1.82, 2.24) is 0 Å². The second-order valence-electron chi connectivity index (χ2n) is 19.3. The molecule has 2 aliphatic carbocycles. The van der Waals surface area contributed by atoms with E-state index >= 15 is 0 Å². The summed E-state index contributed by atoms with van der Waals surface area (Å²) in [5.74, 6) is 0. The van der Waals surface area contributed by atoms with E-state index in [0.717, 1.165) is 25.7 Å². The second-order valence-corrected chi connectivity index (χ2v) is 21.5. The molecule has 10 rings (SSSR count). The highest BCUT2D eigenvalue weighted by Crippen LogP contribution is 2.59. The van der Waals surface area contributed by atoms with Crippen LogP contribution in [-0.4, -0.2) is 0 Å². The number of hydrogen-bond acceptors (Lipinski definition) is 4. The summed E-state index contributed by atoms with van der Waals surface area (Å²) >= 11 is 4.26. The molecule has 0 spiro atoms. The topological polar surface area (TPSA) is 6.48 Å².